The number of aliphatic hydroxyl groups excluding tert-OH is 5. The molecule has 3 atom stereocenters. The summed E-state index contributed by atoms with van der Waals surface area (Å²) in [4.78, 5) is 110. The van der Waals surface area contributed by atoms with Gasteiger partial charge in [-0.2, -0.15) is 5.10 Å². The molecule has 0 radical (unpaired) electrons. The maximum absolute atomic E-state index is 13.3. The molecule has 0 fully saturated rings. The number of nitrogens with two attached hydrogens (primary N) is 1. The number of carbonyl (C=O) groups is 5. The average molecular weight is 2130 g/mol. The maximum atomic E-state index is 13.3. The van der Waals surface area contributed by atoms with E-state index in [-0.39, 0.29) is 101 Å². The number of nitrogens with one attached hydrogen (secondary N) is 2. The molecule has 38 nitrogen and oxygen atoms in total. The van der Waals surface area contributed by atoms with E-state index in [1.54, 1.807) is 109 Å². The predicted molar refractivity (Wildman–Crippen MR) is 565 cm³/mol. The van der Waals surface area contributed by atoms with Crippen LogP contribution in [0.2, 0.25) is 5.15 Å². The Morgan fingerprint density at radius 1 is 0.469 bits per heavy atom. The lowest BCUT2D eigenvalue weighted by molar-refractivity contribution is -0.163. The molecule has 0 saturated carbocycles. The Bertz CT molecular complexity index is 7120. The van der Waals surface area contributed by atoms with Crippen LogP contribution in [0.3, 0.4) is 0 Å². The summed E-state index contributed by atoms with van der Waals surface area (Å²) in [5.74, 6) is -4.61. The molecule has 0 aliphatic heterocycles. The molecule has 0 bridgehead atoms. The number of rotatable bonds is 28. The summed E-state index contributed by atoms with van der Waals surface area (Å²) < 4.78 is 64.0. The fourth-order valence-corrected chi connectivity index (χ4v) is 14.0. The third kappa shape index (κ3) is 34.6. The van der Waals surface area contributed by atoms with Crippen LogP contribution in [0.1, 0.15) is 248 Å². The minimum atomic E-state index is -3.22. The number of aliphatic carboxylic acids is 2. The number of carboxylic acids is 2. The Hall–Kier alpha value is -14.0. The normalized spacial score (nSPS) is 11.9. The number of hydrogen-bond donors (Lipinski definition) is 11. The van der Waals surface area contributed by atoms with Gasteiger partial charge in [0.05, 0.1) is 180 Å². The molecule has 13 heterocycles. The molecule has 15 aromatic rings. The molecule has 1 unspecified atom stereocenters. The van der Waals surface area contributed by atoms with Crippen molar-refractivity contribution >= 4 is 85.6 Å². The number of pyridine rings is 5. The first-order valence-corrected chi connectivity index (χ1v) is 50.3. The Morgan fingerprint density at radius 3 is 1.11 bits per heavy atom. The topological polar surface area (TPSA) is 553 Å². The molecule has 0 amide bonds. The fraction of sp³-hybridized carbons (Fsp3) is 0.324. The van der Waals surface area contributed by atoms with E-state index in [9.17, 15) is 77.9 Å². The number of carboxylic acid groups (broad SMARTS) is 2. The van der Waals surface area contributed by atoms with Crippen molar-refractivity contribution in [1.29, 1.82) is 0 Å². The van der Waals surface area contributed by atoms with E-state index in [2.05, 4.69) is 133 Å². The smallest absolute Gasteiger partial charge is 0.372 e. The number of Topliss-reactive ketones (excluding diaryl/α,β-unsaturated/α-hetero) is 3. The molecule has 15 rings (SSSR count). The summed E-state index contributed by atoms with van der Waals surface area (Å²) in [6.45, 7) is 31.8. The quantitative estimate of drug-likeness (QED) is 0.0123. The van der Waals surface area contributed by atoms with E-state index in [1.807, 2.05) is 163 Å². The van der Waals surface area contributed by atoms with Crippen LogP contribution in [-0.2, 0) is 52.0 Å². The Balaban J connectivity index is 0.000000464. The summed E-state index contributed by atoms with van der Waals surface area (Å²) in [6, 6.07) is 35.8. The lowest BCUT2D eigenvalue weighted by atomic mass is 9.85. The molecule has 12 N–H and O–H groups in total. The van der Waals surface area contributed by atoms with Crippen molar-refractivity contribution in [3.8, 4) is 62.6 Å². The van der Waals surface area contributed by atoms with Crippen LogP contribution >= 0.6 is 50.5 Å². The lowest BCUT2D eigenvalue weighted by Crippen LogP contribution is -2.45. The number of aromatic amines is 1. The number of halogens is 6. The van der Waals surface area contributed by atoms with E-state index >= 15 is 0 Å². The molecular formula is C102H128Cl4F2N23O15P. The predicted octanol–water partition coefficient (Wildman–Crippen LogP) is 19.2. The van der Waals surface area contributed by atoms with Gasteiger partial charge in [-0.3, -0.25) is 23.7 Å². The second kappa shape index (κ2) is 55.5. The number of anilines is 1. The van der Waals surface area contributed by atoms with E-state index in [0.717, 1.165) is 73.5 Å². The van der Waals surface area contributed by atoms with Crippen molar-refractivity contribution in [2.24, 2.45) is 17.6 Å². The first-order valence-electron chi connectivity index (χ1n) is 47.5. The van der Waals surface area contributed by atoms with Gasteiger partial charge in [0.25, 0.3) is 5.56 Å². The average Bonchev–Trinajstić information content (AvgIpc) is 1.72. The largest absolute Gasteiger partial charge is 0.479 e. The summed E-state index contributed by atoms with van der Waals surface area (Å²) in [7, 11) is 0. The Morgan fingerprint density at radius 2 is 0.796 bits per heavy atom. The summed E-state index contributed by atoms with van der Waals surface area (Å²) >= 11 is 20.0. The van der Waals surface area contributed by atoms with Crippen molar-refractivity contribution in [2.45, 2.75) is 207 Å². The number of aliphatic hydroxyl groups is 6. The molecule has 45 heteroatoms. The number of imidazole rings is 5. The standard InChI is InChI=1S/C25H27FN6O.C17H18ClN5O.C17H19N5O2.C17H21N3O5.C12H13N3O2.C8H10FN.C5H8O3.CH4.Cl3OP.4H2/c1-15(2)20-11-22(30-31-25(20)28-17(4)18-5-7-19(26)8-6-18)21-9-10-24(23(13-33)29-21)32-12-16(3)27-14-32;1-10(2)12-6-14(21-22-17(12)18)13-4-5-16(15(8-24)20-13)23-7-11(3)19-9-23;1-10(2)12-6-14(20-21-17(12)24)13-4-5-16(15(8-23)19-13)22-7-11(3)18-9-22;1-10(2)17(25,16(23)24)6-15(22)12-4-5-14(13(8-21)19-12)20-7-11(3)18-9-20;1-8-5-15(7-13-8)12-4-3-10(9(2)17)14-11(12)6-16;1-6(10)7-2-4-8(9)5-3-7;1-3(2)4(6)5(7)8;;1-5(2,3)4;;;;/h5-12,14-15,17,33H,13H2,1-4H3,(H,28,31);4-7,9-10,24H,8H2,1-3H3;4-7,9-10,23H,8H2,1-3H3,(H,21,24);4-5,7,9-10,21,25H,6,8H2,1-3H3,(H,23,24);3-5,7,16H,6H2,1-2H3;2-6H,10H2,1H3;3H,1-2H3,(H,7,8);1H4;;4*1H/t17-;;;;;6-;;;;;;;/m0....0......./s1/i;;;;;;;;;2*1+1D;2*1+1. The van der Waals surface area contributed by atoms with Crippen molar-refractivity contribution < 1.29 is 87.0 Å². The van der Waals surface area contributed by atoms with E-state index in [1.165, 1.54) is 51.1 Å². The van der Waals surface area contributed by atoms with Gasteiger partial charge in [-0.15, -0.1) is 20.4 Å². The highest BCUT2D eigenvalue weighted by Crippen LogP contribution is 2.61. The van der Waals surface area contributed by atoms with Gasteiger partial charge < -0.3 is 74.7 Å². The Kier molecular flexibility index (Phi) is 44.0. The van der Waals surface area contributed by atoms with Crippen LogP contribution in [0.25, 0.3) is 62.6 Å². The molecular weight excluding hydrogens is 2000 g/mol. The minimum absolute atomic E-state index is 0. The molecule has 788 valence electrons. The zero-order chi connectivity index (χ0) is 112. The number of aromatic nitrogens is 21. The van der Waals surface area contributed by atoms with E-state index in [0.29, 0.717) is 84.9 Å². The van der Waals surface area contributed by atoms with Crippen molar-refractivity contribution in [2.75, 3.05) is 5.32 Å². The van der Waals surface area contributed by atoms with Crippen LogP contribution in [0, 0.1) is 58.1 Å². The van der Waals surface area contributed by atoms with E-state index < -0.39 is 59.2 Å². The van der Waals surface area contributed by atoms with Gasteiger partial charge in [-0.25, -0.2) is 73.3 Å². The molecule has 0 spiro atoms. The SMILES string of the molecule is C.CC(=O)c1ccc(-n2cnc(C)c2)c(CO)n1.CC(C)C(=O)C(=O)O.C[C@H](N)c1ccc(F)cc1.Cc1cn(-c2ccc(-c3cc(C(C)C)c(=O)[nH]n3)nc2CO)cn1.Cc1cn(-c2ccc(-c3cc(C(C)C)c(Cl)nn3)nc2CO)cn1.Cc1cn(-c2ccc(-c3cc(C(C)C)c(N[C@@H](C)c4ccc(F)cc4)nn3)nc2CO)cn1.Cc1cn(-c2ccc(C(=O)CC(O)(C(=O)O)C(C)C)nc2CO)cn1.O=P(Cl)(Cl)Cl.[2HH].[2HH].[2H][2H].[2H][2H]. The molecule has 0 aliphatic carbocycles. The highest BCUT2D eigenvalue weighted by molar-refractivity contribution is 8.24. The number of hydrogen-bond acceptors (Lipinski definition) is 30. The Labute approximate surface area is 876 Å². The molecule has 2 aromatic carbocycles. The maximum Gasteiger partial charge on any atom is 0.372 e. The second-order valence-electron chi connectivity index (χ2n) is 34.7. The number of ketones is 3. The van der Waals surface area contributed by atoms with Crippen LogP contribution in [0.5, 0.6) is 0 Å². The fourth-order valence-electron chi connectivity index (χ4n) is 13.7. The van der Waals surface area contributed by atoms with Gasteiger partial charge in [-0.05, 0) is 226 Å². The monoisotopic (exact) mass is 2130 g/mol. The van der Waals surface area contributed by atoms with Crippen LogP contribution in [0.4, 0.5) is 14.6 Å². The summed E-state index contributed by atoms with van der Waals surface area (Å²) in [5, 5.41) is 99.7. The zero-order valence-corrected chi connectivity index (χ0v) is 87.3. The first kappa shape index (κ1) is 117. The second-order valence-corrected chi connectivity index (χ2v) is 41.7. The van der Waals surface area contributed by atoms with Crippen molar-refractivity contribution in [3.63, 3.8) is 0 Å². The van der Waals surface area contributed by atoms with Gasteiger partial charge in [0.15, 0.2) is 28.1 Å². The van der Waals surface area contributed by atoms with Gasteiger partial charge in [-0.1, -0.05) is 113 Å². The van der Waals surface area contributed by atoms with Gasteiger partial charge in [0, 0.05) is 69.8 Å². The molecule has 0 aliphatic rings. The highest BCUT2D eigenvalue weighted by atomic mass is 36.0. The third-order valence-corrected chi connectivity index (χ3v) is 22.1. The molecule has 0 saturated heterocycles. The minimum Gasteiger partial charge on any atom is -0.479 e. The highest BCUT2D eigenvalue weighted by Gasteiger charge is 2.42. The van der Waals surface area contributed by atoms with E-state index in [4.69, 9.17) is 28.4 Å². The molecule has 13 aromatic heterocycles. The first-order chi connectivity index (χ1) is 70.9. The van der Waals surface area contributed by atoms with Gasteiger partial charge in [0.1, 0.15) is 40.1 Å². The van der Waals surface area contributed by atoms with Crippen LogP contribution in [-0.4, -0.2) is 179 Å². The van der Waals surface area contributed by atoms with Gasteiger partial charge in [0.2, 0.25) is 5.78 Å². The zero-order valence-electron chi connectivity index (χ0n) is 87.4. The number of nitrogens with zero attached hydrogens (tertiary/aromatic N) is 20. The summed E-state index contributed by atoms with van der Waals surface area (Å²) in [6.07, 6.45) is 16.9. The van der Waals surface area contributed by atoms with Crippen LogP contribution in [0.15, 0.2) is 195 Å². The van der Waals surface area contributed by atoms with Gasteiger partial charge >= 0.3 is 17.1 Å². The number of aryl methyl sites for hydroxylation is 5. The number of carbonyl (C=O) groups excluding carboxylic acids is 3. The number of benzene rings is 2. The van der Waals surface area contributed by atoms with Crippen molar-refractivity contribution in [3.05, 3.63) is 313 Å². The number of H-pyrrole nitrogens is 1. The molecule has 147 heavy (non-hydrogen) atoms. The summed E-state index contributed by atoms with van der Waals surface area (Å²) in [5.41, 5.74) is 22.0. The lowest BCUT2D eigenvalue weighted by Gasteiger charge is -2.26. The van der Waals surface area contributed by atoms with Crippen LogP contribution < -0.4 is 16.6 Å². The third-order valence-electron chi connectivity index (χ3n) is 21.8. The van der Waals surface area contributed by atoms with Crippen molar-refractivity contribution in [1.82, 2.24) is 103 Å².